The molecule has 0 saturated heterocycles. The Kier molecular flexibility index (Phi) is 5.29. The van der Waals surface area contributed by atoms with E-state index in [0.717, 1.165) is 0 Å². The summed E-state index contributed by atoms with van der Waals surface area (Å²) in [7, 11) is -3.61. The molecule has 8 heteroatoms. The van der Waals surface area contributed by atoms with Crippen LogP contribution < -0.4 is 9.46 Å². The Labute approximate surface area is 127 Å². The van der Waals surface area contributed by atoms with E-state index in [4.69, 9.17) is 9.84 Å². The van der Waals surface area contributed by atoms with E-state index < -0.39 is 10.0 Å². The highest BCUT2D eigenvalue weighted by Crippen LogP contribution is 2.20. The zero-order valence-corrected chi connectivity index (χ0v) is 13.0. The van der Waals surface area contributed by atoms with Crippen LogP contribution in [0.25, 0.3) is 0 Å². The number of sulfonamides is 1. The van der Waals surface area contributed by atoms with Gasteiger partial charge in [0, 0.05) is 11.6 Å². The van der Waals surface area contributed by atoms with Gasteiger partial charge in [-0.3, -0.25) is 0 Å². The van der Waals surface area contributed by atoms with Crippen LogP contribution in [-0.4, -0.2) is 31.7 Å². The molecule has 1 aromatic heterocycles. The third-order valence-electron chi connectivity index (χ3n) is 2.65. The lowest BCUT2D eigenvalue weighted by Crippen LogP contribution is -2.26. The van der Waals surface area contributed by atoms with E-state index in [2.05, 4.69) is 9.71 Å². The lowest BCUT2D eigenvalue weighted by atomic mass is 10.3. The van der Waals surface area contributed by atoms with Crippen LogP contribution in [0.15, 0.2) is 40.7 Å². The third kappa shape index (κ3) is 4.24. The second-order valence-corrected chi connectivity index (χ2v) is 6.90. The topological polar surface area (TPSA) is 88.5 Å². The first-order valence-corrected chi connectivity index (χ1v) is 8.64. The minimum Gasteiger partial charge on any atom is -0.491 e. The molecule has 2 aromatic rings. The van der Waals surface area contributed by atoms with Crippen molar-refractivity contribution < 1.29 is 18.3 Å². The highest BCUT2D eigenvalue weighted by molar-refractivity contribution is 7.89. The minimum absolute atomic E-state index is 0.0903. The molecule has 114 valence electrons. The van der Waals surface area contributed by atoms with Crippen LogP contribution in [-0.2, 0) is 10.0 Å². The number of hydrogen-bond donors (Lipinski definition) is 2. The molecular weight excluding hydrogens is 312 g/mol. The fourth-order valence-corrected chi connectivity index (χ4v) is 3.61. The summed E-state index contributed by atoms with van der Waals surface area (Å²) in [5.41, 5.74) is 0. The number of benzene rings is 1. The third-order valence-corrected chi connectivity index (χ3v) is 5.16. The Balaban J connectivity index is 2.08. The Hall–Kier alpha value is -1.48. The summed E-state index contributed by atoms with van der Waals surface area (Å²) in [6, 6.07) is 5.64. The molecule has 0 aliphatic heterocycles. The highest BCUT2D eigenvalue weighted by Gasteiger charge is 2.19. The summed E-state index contributed by atoms with van der Waals surface area (Å²) < 4.78 is 32.3. The largest absolute Gasteiger partial charge is 0.491 e. The lowest BCUT2D eigenvalue weighted by molar-refractivity contribution is 0.201. The maximum Gasteiger partial charge on any atom is 0.241 e. The van der Waals surface area contributed by atoms with Gasteiger partial charge in [0.1, 0.15) is 17.4 Å². The van der Waals surface area contributed by atoms with Gasteiger partial charge in [0.05, 0.1) is 17.5 Å². The molecule has 0 aliphatic carbocycles. The maximum atomic E-state index is 12.2. The monoisotopic (exact) mass is 328 g/mol. The maximum absolute atomic E-state index is 12.2. The first kappa shape index (κ1) is 15.9. The van der Waals surface area contributed by atoms with Crippen molar-refractivity contribution in [3.63, 3.8) is 0 Å². The fraction of sp³-hybridized carbons (Fsp3) is 0.308. The van der Waals surface area contributed by atoms with Crippen molar-refractivity contribution in [3.8, 4) is 5.75 Å². The van der Waals surface area contributed by atoms with Crippen LogP contribution in [0.2, 0.25) is 0 Å². The number of thiazole rings is 1. The molecule has 0 fully saturated rings. The van der Waals surface area contributed by atoms with E-state index in [9.17, 15) is 8.42 Å². The van der Waals surface area contributed by atoms with Crippen LogP contribution in [0.3, 0.4) is 0 Å². The molecule has 1 aromatic carbocycles. The average Bonchev–Trinajstić information content (AvgIpc) is 2.99. The predicted octanol–water partition coefficient (Wildman–Crippen LogP) is 1.55. The molecule has 0 amide bonds. The van der Waals surface area contributed by atoms with Gasteiger partial charge in [-0.05, 0) is 31.2 Å². The van der Waals surface area contributed by atoms with Crippen molar-refractivity contribution in [2.24, 2.45) is 0 Å². The Morgan fingerprint density at radius 3 is 2.67 bits per heavy atom. The second kappa shape index (κ2) is 6.99. The Morgan fingerprint density at radius 1 is 1.38 bits per heavy atom. The van der Waals surface area contributed by atoms with Crippen LogP contribution in [0.4, 0.5) is 0 Å². The van der Waals surface area contributed by atoms with E-state index in [1.807, 2.05) is 0 Å². The molecule has 0 bridgehead atoms. The van der Waals surface area contributed by atoms with E-state index in [0.29, 0.717) is 10.8 Å². The quantitative estimate of drug-likeness (QED) is 0.805. The molecule has 0 radical (unpaired) electrons. The molecule has 2 N–H and O–H groups in total. The smallest absolute Gasteiger partial charge is 0.241 e. The number of nitrogens with one attached hydrogen (secondary N) is 1. The first-order chi connectivity index (χ1) is 10.0. The first-order valence-electron chi connectivity index (χ1n) is 6.28. The SMILES string of the molecule is CC(NS(=O)(=O)c1ccc(OCCO)cc1)c1nccs1. The van der Waals surface area contributed by atoms with Crippen molar-refractivity contribution in [3.05, 3.63) is 40.8 Å². The Bertz CT molecular complexity index is 654. The van der Waals surface area contributed by atoms with Gasteiger partial charge in [-0.1, -0.05) is 0 Å². The van der Waals surface area contributed by atoms with Gasteiger partial charge in [0.2, 0.25) is 10.0 Å². The van der Waals surface area contributed by atoms with Crippen LogP contribution in [0.5, 0.6) is 5.75 Å². The van der Waals surface area contributed by atoms with Gasteiger partial charge >= 0.3 is 0 Å². The lowest BCUT2D eigenvalue weighted by Gasteiger charge is -2.12. The number of nitrogens with zero attached hydrogens (tertiary/aromatic N) is 1. The summed E-state index contributed by atoms with van der Waals surface area (Å²) in [6.45, 7) is 1.83. The number of hydrogen-bond acceptors (Lipinski definition) is 6. The average molecular weight is 328 g/mol. The highest BCUT2D eigenvalue weighted by atomic mass is 32.2. The van der Waals surface area contributed by atoms with Crippen molar-refractivity contribution >= 4 is 21.4 Å². The molecular formula is C13H16N2O4S2. The van der Waals surface area contributed by atoms with Crippen molar-refractivity contribution in [1.29, 1.82) is 0 Å². The van der Waals surface area contributed by atoms with Gasteiger partial charge in [-0.15, -0.1) is 11.3 Å². The van der Waals surface area contributed by atoms with Crippen LogP contribution in [0, 0.1) is 0 Å². The Morgan fingerprint density at radius 2 is 2.10 bits per heavy atom. The van der Waals surface area contributed by atoms with E-state index in [1.165, 1.54) is 23.5 Å². The molecule has 0 aliphatic rings. The minimum atomic E-state index is -3.61. The number of ether oxygens (including phenoxy) is 1. The fourth-order valence-electron chi connectivity index (χ4n) is 1.68. The molecule has 21 heavy (non-hydrogen) atoms. The summed E-state index contributed by atoms with van der Waals surface area (Å²) in [6.07, 6.45) is 1.64. The normalized spacial score (nSPS) is 13.0. The molecule has 1 unspecified atom stereocenters. The summed E-state index contributed by atoms with van der Waals surface area (Å²) in [4.78, 5) is 4.24. The van der Waals surface area contributed by atoms with E-state index in [1.54, 1.807) is 30.6 Å². The predicted molar refractivity (Wildman–Crippen MR) is 79.9 cm³/mol. The summed E-state index contributed by atoms with van der Waals surface area (Å²) in [5.74, 6) is 0.510. The van der Waals surface area contributed by atoms with Crippen LogP contribution >= 0.6 is 11.3 Å². The van der Waals surface area contributed by atoms with Crippen molar-refractivity contribution in [2.45, 2.75) is 17.9 Å². The van der Waals surface area contributed by atoms with Gasteiger partial charge in [-0.2, -0.15) is 0 Å². The summed E-state index contributed by atoms with van der Waals surface area (Å²) >= 11 is 1.40. The number of aliphatic hydroxyl groups excluding tert-OH is 1. The van der Waals surface area contributed by atoms with Gasteiger partial charge in [0.15, 0.2) is 0 Å². The number of rotatable bonds is 7. The molecule has 0 spiro atoms. The zero-order valence-electron chi connectivity index (χ0n) is 11.4. The molecule has 0 saturated carbocycles. The summed E-state index contributed by atoms with van der Waals surface area (Å²) in [5, 5.41) is 11.2. The van der Waals surface area contributed by atoms with Crippen molar-refractivity contribution in [2.75, 3.05) is 13.2 Å². The van der Waals surface area contributed by atoms with Gasteiger partial charge in [-0.25, -0.2) is 18.1 Å². The standard InChI is InChI=1S/C13H16N2O4S2/c1-10(13-14-6-9-20-13)15-21(17,18)12-4-2-11(3-5-12)19-8-7-16/h2-6,9-10,15-16H,7-8H2,1H3. The number of aliphatic hydroxyl groups is 1. The molecule has 1 heterocycles. The van der Waals surface area contributed by atoms with Gasteiger partial charge < -0.3 is 9.84 Å². The molecule has 2 rings (SSSR count). The van der Waals surface area contributed by atoms with Crippen LogP contribution in [0.1, 0.15) is 18.0 Å². The number of aromatic nitrogens is 1. The van der Waals surface area contributed by atoms with Crippen molar-refractivity contribution in [1.82, 2.24) is 9.71 Å². The zero-order chi connectivity index (χ0) is 15.3. The second-order valence-electron chi connectivity index (χ2n) is 4.26. The van der Waals surface area contributed by atoms with Gasteiger partial charge in [0.25, 0.3) is 0 Å². The van der Waals surface area contributed by atoms with E-state index in [-0.39, 0.29) is 24.2 Å². The molecule has 6 nitrogen and oxygen atoms in total. The molecule has 1 atom stereocenters. The van der Waals surface area contributed by atoms with E-state index >= 15 is 0 Å².